The predicted molar refractivity (Wildman–Crippen MR) is 142 cm³/mol. The summed E-state index contributed by atoms with van der Waals surface area (Å²) in [6.07, 6.45) is 1.50. The number of hydrogen-bond donors (Lipinski definition) is 4. The van der Waals surface area contributed by atoms with Crippen LogP contribution in [0.5, 0.6) is 5.75 Å². The molecule has 0 radical (unpaired) electrons. The van der Waals surface area contributed by atoms with Crippen LogP contribution >= 0.6 is 11.6 Å². The number of nitrogens with two attached hydrogens (primary N) is 1. The third kappa shape index (κ3) is 9.16. The zero-order valence-corrected chi connectivity index (χ0v) is 22.3. The van der Waals surface area contributed by atoms with Gasteiger partial charge in [0.2, 0.25) is 0 Å². The lowest BCUT2D eigenvalue weighted by atomic mass is 10.1. The minimum atomic E-state index is -1.35. The Bertz CT molecular complexity index is 1150. The van der Waals surface area contributed by atoms with Gasteiger partial charge in [-0.15, -0.1) is 0 Å². The van der Waals surface area contributed by atoms with Gasteiger partial charge in [0.25, 0.3) is 17.3 Å². The van der Waals surface area contributed by atoms with Crippen molar-refractivity contribution in [3.8, 4) is 5.75 Å². The van der Waals surface area contributed by atoms with Gasteiger partial charge in [-0.3, -0.25) is 10.2 Å². The van der Waals surface area contributed by atoms with Crippen molar-refractivity contribution in [2.75, 3.05) is 36.9 Å². The van der Waals surface area contributed by atoms with E-state index in [0.717, 1.165) is 0 Å². The molecule has 0 fully saturated rings. The van der Waals surface area contributed by atoms with Gasteiger partial charge in [-0.1, -0.05) is 23.7 Å². The Hall–Kier alpha value is -3.48. The minimum Gasteiger partial charge on any atom is -0.482 e. The molecule has 0 spiro atoms. The molecule has 0 saturated carbocycles. The number of hydrogen-bond acceptors (Lipinski definition) is 9. The van der Waals surface area contributed by atoms with Gasteiger partial charge in [0.15, 0.2) is 19.4 Å². The van der Waals surface area contributed by atoms with E-state index in [0.29, 0.717) is 16.8 Å². The van der Waals surface area contributed by atoms with E-state index in [2.05, 4.69) is 5.32 Å². The molecule has 2 rings (SSSR count). The minimum absolute atomic E-state index is 0.0156. The van der Waals surface area contributed by atoms with Crippen molar-refractivity contribution in [3.63, 3.8) is 0 Å². The third-order valence-electron chi connectivity index (χ3n) is 4.80. The van der Waals surface area contributed by atoms with E-state index in [-0.39, 0.29) is 55.1 Å². The summed E-state index contributed by atoms with van der Waals surface area (Å²) in [6.45, 7) is 3.18. The smallest absolute Gasteiger partial charge is 0.344 e. The zero-order valence-electron chi connectivity index (χ0n) is 20.7. The summed E-state index contributed by atoms with van der Waals surface area (Å²) in [5, 5.41) is 10.6. The fourth-order valence-corrected chi connectivity index (χ4v) is 4.06. The summed E-state index contributed by atoms with van der Waals surface area (Å²) in [5.74, 6) is -1.52. The average molecular weight is 554 g/mol. The molecule has 0 aliphatic heterocycles. The summed E-state index contributed by atoms with van der Waals surface area (Å²) in [7, 11) is 0. The Morgan fingerprint density at radius 1 is 1.08 bits per heavy atom. The molecule has 13 heteroatoms. The normalized spacial score (nSPS) is 11.3. The van der Waals surface area contributed by atoms with Crippen molar-refractivity contribution in [2.24, 2.45) is 5.73 Å². The number of amides is 1. The number of esters is 2. The van der Waals surface area contributed by atoms with Crippen LogP contribution in [-0.4, -0.2) is 60.9 Å². The Kier molecular flexibility index (Phi) is 11.5. The van der Waals surface area contributed by atoms with Gasteiger partial charge in [0.05, 0.1) is 18.9 Å². The van der Waals surface area contributed by atoms with E-state index in [1.807, 2.05) is 0 Å². The number of carbonyl (C=O) groups is 3. The van der Waals surface area contributed by atoms with Crippen LogP contribution in [0.4, 0.5) is 5.69 Å². The molecule has 5 N–H and O–H groups in total. The van der Waals surface area contributed by atoms with E-state index in [4.69, 9.17) is 37.0 Å². The standard InChI is InChI=1S/C24H29ClN4O7S/c1-4-34-21(30)13-29(37(3)33)19-9-17(8-18(25)11-19)24(32)28-12-16-7-6-15(23(26)27)10-20(16)36-14-22(31)35-5-2/h6-11,33H,4-5,12-14H2,1-3H3,(H3-,26,27,28,32)/p+1. The molecular formula is C24H30ClN4O7S+. The first-order valence-electron chi connectivity index (χ1n) is 11.2. The van der Waals surface area contributed by atoms with Gasteiger partial charge in [-0.05, 0) is 38.1 Å². The van der Waals surface area contributed by atoms with Crippen LogP contribution in [0.3, 0.4) is 0 Å². The predicted octanol–water partition coefficient (Wildman–Crippen LogP) is 2.50. The number of nitrogens with one attached hydrogen (secondary N) is 2. The second-order valence-corrected chi connectivity index (χ2v) is 9.27. The second kappa shape index (κ2) is 14.3. The first-order chi connectivity index (χ1) is 17.5. The van der Waals surface area contributed by atoms with Crippen LogP contribution in [0.15, 0.2) is 36.4 Å². The van der Waals surface area contributed by atoms with Crippen LogP contribution in [0.2, 0.25) is 5.02 Å². The lowest BCUT2D eigenvalue weighted by Crippen LogP contribution is -2.36. The topological polar surface area (TPSA) is 164 Å². The number of nitrogen functional groups attached to an aromatic ring is 1. The van der Waals surface area contributed by atoms with Crippen LogP contribution in [0, 0.1) is 5.41 Å². The first-order valence-corrected chi connectivity index (χ1v) is 13.1. The molecule has 0 bridgehead atoms. The maximum absolute atomic E-state index is 13.0. The maximum Gasteiger partial charge on any atom is 0.344 e. The van der Waals surface area contributed by atoms with Gasteiger partial charge in [-0.2, -0.15) is 8.86 Å². The average Bonchev–Trinajstić information content (AvgIpc) is 2.84. The van der Waals surface area contributed by atoms with Crippen molar-refractivity contribution < 1.29 is 33.1 Å². The van der Waals surface area contributed by atoms with Crippen LogP contribution in [0.1, 0.15) is 35.3 Å². The molecule has 11 nitrogen and oxygen atoms in total. The highest BCUT2D eigenvalue weighted by molar-refractivity contribution is 7.92. The third-order valence-corrected chi connectivity index (χ3v) is 5.99. The molecule has 2 aromatic rings. The lowest BCUT2D eigenvalue weighted by Gasteiger charge is -2.18. The van der Waals surface area contributed by atoms with E-state index in [9.17, 15) is 18.9 Å². The summed E-state index contributed by atoms with van der Waals surface area (Å²) in [4.78, 5) is 36.7. The summed E-state index contributed by atoms with van der Waals surface area (Å²) in [6, 6.07) is 9.19. The molecule has 0 aromatic heterocycles. The van der Waals surface area contributed by atoms with Crippen LogP contribution < -0.4 is 20.1 Å². The molecule has 37 heavy (non-hydrogen) atoms. The van der Waals surface area contributed by atoms with Crippen molar-refractivity contribution in [3.05, 3.63) is 58.1 Å². The molecule has 200 valence electrons. The number of rotatable bonds is 13. The summed E-state index contributed by atoms with van der Waals surface area (Å²) in [5.41, 5.74) is 7.02. The molecule has 0 aliphatic carbocycles. The lowest BCUT2D eigenvalue weighted by molar-refractivity contribution is -0.145. The van der Waals surface area contributed by atoms with Gasteiger partial charge in [0, 0.05) is 28.3 Å². The van der Waals surface area contributed by atoms with E-state index in [1.165, 1.54) is 34.8 Å². The number of ether oxygens (including phenoxy) is 3. The van der Waals surface area contributed by atoms with Gasteiger partial charge < -0.3 is 25.3 Å². The summed E-state index contributed by atoms with van der Waals surface area (Å²) >= 11 is 4.88. The van der Waals surface area contributed by atoms with Crippen LogP contribution in [0.25, 0.3) is 0 Å². The fourth-order valence-electron chi connectivity index (χ4n) is 3.13. The molecule has 2 aromatic carbocycles. The van der Waals surface area contributed by atoms with Crippen molar-refractivity contribution in [2.45, 2.75) is 20.4 Å². The van der Waals surface area contributed by atoms with Crippen molar-refractivity contribution >= 4 is 52.3 Å². The molecule has 0 saturated heterocycles. The first kappa shape index (κ1) is 29.7. The molecular weight excluding hydrogens is 524 g/mol. The monoisotopic (exact) mass is 553 g/mol. The molecule has 1 atom stereocenters. The van der Waals surface area contributed by atoms with Gasteiger partial charge in [-0.25, -0.2) is 9.59 Å². The number of nitrogens with zero attached hydrogens (tertiary/aromatic N) is 1. The Labute approximate surface area is 223 Å². The van der Waals surface area contributed by atoms with Crippen molar-refractivity contribution in [1.82, 2.24) is 5.32 Å². The molecule has 1 amide bonds. The van der Waals surface area contributed by atoms with Crippen LogP contribution in [-0.2, 0) is 37.0 Å². The zero-order chi connectivity index (χ0) is 27.5. The highest BCUT2D eigenvalue weighted by atomic mass is 35.5. The quantitative estimate of drug-likeness (QED) is 0.126. The fraction of sp³-hybridized carbons (Fsp3) is 0.333. The van der Waals surface area contributed by atoms with E-state index >= 15 is 0 Å². The SMILES string of the molecule is CCOC(=O)COc1cc(C(=N)N)ccc1CNC(=O)c1cc(Cl)cc(N(CC(=O)OCC)[S+](C)O)c1. The summed E-state index contributed by atoms with van der Waals surface area (Å²) < 4.78 is 27.0. The highest BCUT2D eigenvalue weighted by Crippen LogP contribution is 2.25. The molecule has 0 heterocycles. The molecule has 0 aliphatic rings. The highest BCUT2D eigenvalue weighted by Gasteiger charge is 2.27. The molecule has 1 unspecified atom stereocenters. The number of carbonyl (C=O) groups excluding carboxylic acids is 3. The van der Waals surface area contributed by atoms with Crippen molar-refractivity contribution in [1.29, 1.82) is 5.41 Å². The number of amidine groups is 1. The Balaban J connectivity index is 2.23. The second-order valence-electron chi connectivity index (χ2n) is 7.50. The number of anilines is 1. The Morgan fingerprint density at radius 2 is 1.76 bits per heavy atom. The van der Waals surface area contributed by atoms with E-state index in [1.54, 1.807) is 26.0 Å². The maximum atomic E-state index is 13.0. The largest absolute Gasteiger partial charge is 0.482 e. The number of benzene rings is 2. The number of halogens is 1. The van der Waals surface area contributed by atoms with E-state index < -0.39 is 29.2 Å². The van der Waals surface area contributed by atoms with Gasteiger partial charge >= 0.3 is 11.9 Å². The van der Waals surface area contributed by atoms with Gasteiger partial charge in [0.1, 0.15) is 11.6 Å². The Morgan fingerprint density at radius 3 is 2.38 bits per heavy atom.